The van der Waals surface area contributed by atoms with Crippen molar-refractivity contribution in [3.05, 3.63) is 0 Å². The number of ether oxygens (including phenoxy) is 2. The molecule has 0 aromatic rings. The summed E-state index contributed by atoms with van der Waals surface area (Å²) in [5.74, 6) is -1.12. The number of alkyl carbamates (subject to hydrolysis) is 1. The Morgan fingerprint density at radius 2 is 1.74 bits per heavy atom. The molecule has 0 radical (unpaired) electrons. The maximum Gasteiger partial charge on any atom is 0.407 e. The molecular weight excluding hydrogens is 274 g/mol. The quantitative estimate of drug-likeness (QED) is 0.716. The SMILES string of the molecule is COC(=O)CCS(=O)(=O)CCNC(=O)OC(C)(C)C. The summed E-state index contributed by atoms with van der Waals surface area (Å²) in [4.78, 5) is 22.1. The highest BCUT2D eigenvalue weighted by molar-refractivity contribution is 7.91. The summed E-state index contributed by atoms with van der Waals surface area (Å²) in [5.41, 5.74) is -0.631. The number of amides is 1. The first-order valence-electron chi connectivity index (χ1n) is 5.80. The second-order valence-electron chi connectivity index (χ2n) is 4.91. The van der Waals surface area contributed by atoms with Crippen LogP contribution in [-0.4, -0.2) is 51.2 Å². The highest BCUT2D eigenvalue weighted by Gasteiger charge is 2.17. The molecule has 0 rings (SSSR count). The number of esters is 1. The van der Waals surface area contributed by atoms with E-state index in [9.17, 15) is 18.0 Å². The van der Waals surface area contributed by atoms with Crippen molar-refractivity contribution in [1.29, 1.82) is 0 Å². The monoisotopic (exact) mass is 295 g/mol. The van der Waals surface area contributed by atoms with Gasteiger partial charge in [-0.15, -0.1) is 0 Å². The molecule has 0 heterocycles. The predicted octanol–water partition coefficient (Wildman–Crippen LogP) is 0.489. The first kappa shape index (κ1) is 17.7. The summed E-state index contributed by atoms with van der Waals surface area (Å²) in [6, 6.07) is 0. The summed E-state index contributed by atoms with van der Waals surface area (Å²) in [7, 11) is -2.20. The van der Waals surface area contributed by atoms with Crippen LogP contribution in [0.1, 0.15) is 27.2 Å². The second kappa shape index (κ2) is 7.32. The van der Waals surface area contributed by atoms with Gasteiger partial charge in [0.1, 0.15) is 5.60 Å². The average molecular weight is 295 g/mol. The fourth-order valence-electron chi connectivity index (χ4n) is 1.07. The highest BCUT2D eigenvalue weighted by Crippen LogP contribution is 2.06. The lowest BCUT2D eigenvalue weighted by Crippen LogP contribution is -2.35. The van der Waals surface area contributed by atoms with Crippen molar-refractivity contribution in [1.82, 2.24) is 5.32 Å². The maximum atomic E-state index is 11.5. The molecule has 0 bridgehead atoms. The molecule has 0 saturated heterocycles. The minimum Gasteiger partial charge on any atom is -0.469 e. The van der Waals surface area contributed by atoms with Gasteiger partial charge in [0.25, 0.3) is 0 Å². The van der Waals surface area contributed by atoms with E-state index < -0.39 is 27.5 Å². The average Bonchev–Trinajstić information content (AvgIpc) is 2.23. The Morgan fingerprint density at radius 3 is 2.21 bits per heavy atom. The van der Waals surface area contributed by atoms with Gasteiger partial charge in [-0.3, -0.25) is 4.79 Å². The first-order valence-corrected chi connectivity index (χ1v) is 7.62. The molecule has 7 nitrogen and oxygen atoms in total. The standard InChI is InChI=1S/C11H21NO6S/c1-11(2,3)18-10(14)12-6-8-19(15,16)7-5-9(13)17-4/h5-8H2,1-4H3,(H,12,14). The topological polar surface area (TPSA) is 98.8 Å². The largest absolute Gasteiger partial charge is 0.469 e. The second-order valence-corrected chi connectivity index (χ2v) is 7.21. The van der Waals surface area contributed by atoms with Gasteiger partial charge in [0.15, 0.2) is 9.84 Å². The van der Waals surface area contributed by atoms with Gasteiger partial charge in [-0.1, -0.05) is 0 Å². The number of rotatable bonds is 6. The molecule has 8 heteroatoms. The van der Waals surface area contributed by atoms with Crippen LogP contribution in [0.4, 0.5) is 4.79 Å². The van der Waals surface area contributed by atoms with Crippen LogP contribution in [0.3, 0.4) is 0 Å². The van der Waals surface area contributed by atoms with Crippen LogP contribution in [0.25, 0.3) is 0 Å². The molecule has 0 spiro atoms. The molecule has 1 N–H and O–H groups in total. The van der Waals surface area contributed by atoms with E-state index >= 15 is 0 Å². The molecule has 0 aromatic heterocycles. The van der Waals surface area contributed by atoms with E-state index in [1.54, 1.807) is 20.8 Å². The molecule has 112 valence electrons. The van der Waals surface area contributed by atoms with Crippen LogP contribution in [0.2, 0.25) is 0 Å². The van der Waals surface area contributed by atoms with Crippen molar-refractivity contribution >= 4 is 21.9 Å². The Kier molecular flexibility index (Phi) is 6.82. The number of hydrogen-bond donors (Lipinski definition) is 1. The van der Waals surface area contributed by atoms with Crippen LogP contribution in [0.5, 0.6) is 0 Å². The molecule has 0 fully saturated rings. The van der Waals surface area contributed by atoms with Crippen molar-refractivity contribution in [2.24, 2.45) is 0 Å². The Labute approximate surface area is 113 Å². The predicted molar refractivity (Wildman–Crippen MR) is 69.5 cm³/mol. The van der Waals surface area contributed by atoms with E-state index in [2.05, 4.69) is 10.1 Å². The Morgan fingerprint density at radius 1 is 1.16 bits per heavy atom. The molecular formula is C11H21NO6S. The zero-order valence-corrected chi connectivity index (χ0v) is 12.5. The van der Waals surface area contributed by atoms with E-state index in [-0.39, 0.29) is 24.5 Å². The minimum absolute atomic E-state index is 0.0571. The third-order valence-corrected chi connectivity index (χ3v) is 3.58. The zero-order chi connectivity index (χ0) is 15.1. The van der Waals surface area contributed by atoms with Crippen LogP contribution >= 0.6 is 0 Å². The fraction of sp³-hybridized carbons (Fsp3) is 0.818. The van der Waals surface area contributed by atoms with Crippen LogP contribution < -0.4 is 5.32 Å². The van der Waals surface area contributed by atoms with Gasteiger partial charge in [-0.05, 0) is 20.8 Å². The lowest BCUT2D eigenvalue weighted by molar-refractivity contribution is -0.140. The van der Waals surface area contributed by atoms with Crippen LogP contribution in [0, 0.1) is 0 Å². The first-order chi connectivity index (χ1) is 8.56. The molecule has 0 atom stereocenters. The molecule has 0 aliphatic heterocycles. The summed E-state index contributed by atoms with van der Waals surface area (Å²) >= 11 is 0. The summed E-state index contributed by atoms with van der Waals surface area (Å²) < 4.78 is 32.3. The van der Waals surface area contributed by atoms with Crippen molar-refractivity contribution in [2.45, 2.75) is 32.8 Å². The van der Waals surface area contributed by atoms with Gasteiger partial charge in [-0.2, -0.15) is 0 Å². The van der Waals surface area contributed by atoms with Crippen molar-refractivity contribution in [2.75, 3.05) is 25.2 Å². The molecule has 0 aliphatic carbocycles. The smallest absolute Gasteiger partial charge is 0.407 e. The molecule has 0 saturated carbocycles. The number of nitrogens with one attached hydrogen (secondary N) is 1. The van der Waals surface area contributed by atoms with E-state index in [0.29, 0.717) is 0 Å². The third kappa shape index (κ3) is 10.3. The fourth-order valence-corrected chi connectivity index (χ4v) is 2.16. The van der Waals surface area contributed by atoms with Gasteiger partial charge in [0.05, 0.1) is 25.0 Å². The van der Waals surface area contributed by atoms with Gasteiger partial charge in [0, 0.05) is 6.54 Å². The van der Waals surface area contributed by atoms with Gasteiger partial charge >= 0.3 is 12.1 Å². The lowest BCUT2D eigenvalue weighted by Gasteiger charge is -2.19. The molecule has 1 amide bonds. The highest BCUT2D eigenvalue weighted by atomic mass is 32.2. The van der Waals surface area contributed by atoms with Crippen LogP contribution in [-0.2, 0) is 24.1 Å². The minimum atomic E-state index is -3.40. The van der Waals surface area contributed by atoms with Crippen molar-refractivity contribution in [3.63, 3.8) is 0 Å². The van der Waals surface area contributed by atoms with Crippen molar-refractivity contribution in [3.8, 4) is 0 Å². The zero-order valence-electron chi connectivity index (χ0n) is 11.7. The van der Waals surface area contributed by atoms with E-state index in [1.165, 1.54) is 7.11 Å². The van der Waals surface area contributed by atoms with Gasteiger partial charge in [0.2, 0.25) is 0 Å². The van der Waals surface area contributed by atoms with E-state index in [1.807, 2.05) is 0 Å². The molecule has 19 heavy (non-hydrogen) atoms. The number of hydrogen-bond acceptors (Lipinski definition) is 6. The summed E-state index contributed by atoms with van der Waals surface area (Å²) in [5, 5.41) is 2.34. The lowest BCUT2D eigenvalue weighted by atomic mass is 10.2. The van der Waals surface area contributed by atoms with Gasteiger partial charge in [-0.25, -0.2) is 13.2 Å². The van der Waals surface area contributed by atoms with E-state index in [0.717, 1.165) is 0 Å². The summed E-state index contributed by atoms with van der Waals surface area (Å²) in [6.07, 6.45) is -0.860. The molecule has 0 aromatic carbocycles. The normalized spacial score (nSPS) is 11.8. The Bertz CT molecular complexity index is 409. The van der Waals surface area contributed by atoms with Gasteiger partial charge < -0.3 is 14.8 Å². The molecule has 0 unspecified atom stereocenters. The third-order valence-electron chi connectivity index (χ3n) is 1.93. The number of sulfone groups is 1. The van der Waals surface area contributed by atoms with E-state index in [4.69, 9.17) is 4.74 Å². The van der Waals surface area contributed by atoms with Crippen LogP contribution in [0.15, 0.2) is 0 Å². The Balaban J connectivity index is 3.99. The van der Waals surface area contributed by atoms with Crippen molar-refractivity contribution < 1.29 is 27.5 Å². The summed E-state index contributed by atoms with van der Waals surface area (Å²) in [6.45, 7) is 5.07. The number of carbonyl (C=O) groups excluding carboxylic acids is 2. The molecule has 0 aliphatic rings. The Hall–Kier alpha value is -1.31. The maximum absolute atomic E-state index is 11.5. The number of methoxy groups -OCH3 is 1. The number of carbonyl (C=O) groups is 2.